The maximum Gasteiger partial charge on any atom is 0.329 e. The van der Waals surface area contributed by atoms with E-state index in [0.717, 1.165) is 54.9 Å². The largest absolute Gasteiger partial charge is 0.480 e. The first-order valence-electron chi connectivity index (χ1n) is 14.5. The summed E-state index contributed by atoms with van der Waals surface area (Å²) >= 11 is 0. The zero-order chi connectivity index (χ0) is 29.4. The van der Waals surface area contributed by atoms with Crippen molar-refractivity contribution in [3.63, 3.8) is 0 Å². The third kappa shape index (κ3) is 8.54. The van der Waals surface area contributed by atoms with E-state index in [-0.39, 0.29) is 38.3 Å². The molecule has 0 unspecified atom stereocenters. The summed E-state index contributed by atoms with van der Waals surface area (Å²) < 4.78 is 32.7. The molecule has 0 radical (unpaired) electrons. The molecule has 224 valence electrons. The van der Waals surface area contributed by atoms with Crippen molar-refractivity contribution in [3.05, 3.63) is 34.2 Å². The number of hydrogen-bond donors (Lipinski definition) is 3. The van der Waals surface area contributed by atoms with Crippen LogP contribution in [0.3, 0.4) is 0 Å². The number of ether oxygens (including phenoxy) is 1. The average molecular weight is 578 g/mol. The maximum atomic E-state index is 13.0. The minimum Gasteiger partial charge on any atom is -0.480 e. The lowest BCUT2D eigenvalue weighted by Gasteiger charge is -2.38. The third-order valence-corrected chi connectivity index (χ3v) is 9.91. The molecule has 9 nitrogen and oxygen atoms in total. The fourth-order valence-corrected chi connectivity index (χ4v) is 6.78. The number of sulfonamides is 1. The number of aliphatic carboxylic acids is 1. The van der Waals surface area contributed by atoms with Gasteiger partial charge in [0.2, 0.25) is 15.9 Å². The Morgan fingerprint density at radius 2 is 1.60 bits per heavy atom. The number of aryl methyl sites for hydroxylation is 2. The number of amides is 1. The SMILES string of the molecule is CNc1cc(C)c(/C=C/S(=O)(=O)N2CCC(NC(=O)CCCCCCCCC3(C)COC3)(C(=O)O)CC2)c(C)c1. The highest BCUT2D eigenvalue weighted by Crippen LogP contribution is 2.32. The number of carboxylic acids is 1. The van der Waals surface area contributed by atoms with E-state index in [9.17, 15) is 23.1 Å². The number of carbonyl (C=O) groups excluding carboxylic acids is 1. The van der Waals surface area contributed by atoms with Crippen molar-refractivity contribution >= 4 is 33.7 Å². The van der Waals surface area contributed by atoms with E-state index < -0.39 is 21.5 Å². The minimum absolute atomic E-state index is 0.0278. The van der Waals surface area contributed by atoms with Crippen LogP contribution in [-0.4, -0.2) is 68.6 Å². The molecule has 3 N–H and O–H groups in total. The molecule has 2 fully saturated rings. The lowest BCUT2D eigenvalue weighted by molar-refractivity contribution is -0.149. The molecule has 0 spiro atoms. The zero-order valence-electron chi connectivity index (χ0n) is 24.6. The summed E-state index contributed by atoms with van der Waals surface area (Å²) in [5.74, 6) is -1.40. The second-order valence-electron chi connectivity index (χ2n) is 11.9. The molecule has 0 bridgehead atoms. The monoisotopic (exact) mass is 577 g/mol. The second-order valence-corrected chi connectivity index (χ2v) is 13.7. The molecule has 3 rings (SSSR count). The van der Waals surface area contributed by atoms with Gasteiger partial charge in [-0.25, -0.2) is 13.2 Å². The summed E-state index contributed by atoms with van der Waals surface area (Å²) in [6, 6.07) is 3.91. The van der Waals surface area contributed by atoms with Gasteiger partial charge in [-0.1, -0.05) is 39.0 Å². The number of anilines is 1. The van der Waals surface area contributed by atoms with Gasteiger partial charge >= 0.3 is 5.97 Å². The van der Waals surface area contributed by atoms with Gasteiger partial charge in [0.05, 0.1) is 13.2 Å². The van der Waals surface area contributed by atoms with Crippen molar-refractivity contribution in [2.45, 2.75) is 90.5 Å². The van der Waals surface area contributed by atoms with Gasteiger partial charge in [0.1, 0.15) is 5.54 Å². The Labute approximate surface area is 239 Å². The minimum atomic E-state index is -3.74. The van der Waals surface area contributed by atoms with Gasteiger partial charge in [-0.3, -0.25) is 4.79 Å². The number of nitrogens with one attached hydrogen (secondary N) is 2. The first-order valence-corrected chi connectivity index (χ1v) is 16.0. The molecule has 2 aliphatic rings. The van der Waals surface area contributed by atoms with Crippen LogP contribution < -0.4 is 10.6 Å². The number of carbonyl (C=O) groups is 2. The predicted octanol–water partition coefficient (Wildman–Crippen LogP) is 4.84. The van der Waals surface area contributed by atoms with Gasteiger partial charge in [-0.15, -0.1) is 0 Å². The van der Waals surface area contributed by atoms with E-state index in [0.29, 0.717) is 11.8 Å². The Kier molecular flexibility index (Phi) is 11.2. The number of unbranched alkanes of at least 4 members (excludes halogenated alkanes) is 5. The van der Waals surface area contributed by atoms with Crippen molar-refractivity contribution in [3.8, 4) is 0 Å². The molecule has 1 aromatic carbocycles. The smallest absolute Gasteiger partial charge is 0.329 e. The molecule has 0 atom stereocenters. The quantitative estimate of drug-likeness (QED) is 0.255. The molecule has 2 saturated heterocycles. The van der Waals surface area contributed by atoms with Crippen molar-refractivity contribution < 1.29 is 27.9 Å². The Morgan fingerprint density at radius 3 is 2.12 bits per heavy atom. The van der Waals surface area contributed by atoms with Crippen LogP contribution in [0.5, 0.6) is 0 Å². The van der Waals surface area contributed by atoms with Crippen LogP contribution in [0.25, 0.3) is 6.08 Å². The predicted molar refractivity (Wildman–Crippen MR) is 159 cm³/mol. The molecule has 0 saturated carbocycles. The summed E-state index contributed by atoms with van der Waals surface area (Å²) in [7, 11) is -1.91. The van der Waals surface area contributed by atoms with E-state index in [1.165, 1.54) is 29.0 Å². The molecular weight excluding hydrogens is 530 g/mol. The lowest BCUT2D eigenvalue weighted by Crippen LogP contribution is -2.60. The van der Waals surface area contributed by atoms with Gasteiger partial charge in [-0.2, -0.15) is 4.31 Å². The molecule has 10 heteroatoms. The van der Waals surface area contributed by atoms with E-state index in [4.69, 9.17) is 4.74 Å². The van der Waals surface area contributed by atoms with Gasteiger partial charge in [0.15, 0.2) is 0 Å². The van der Waals surface area contributed by atoms with Gasteiger partial charge in [0.25, 0.3) is 0 Å². The second kappa shape index (κ2) is 14.0. The van der Waals surface area contributed by atoms with Gasteiger partial charge < -0.3 is 20.5 Å². The number of carboxylic acid groups (broad SMARTS) is 1. The summed E-state index contributed by atoms with van der Waals surface area (Å²) in [6.07, 6.45) is 9.36. The fraction of sp³-hybridized carbons (Fsp3) is 0.667. The number of piperidine rings is 1. The number of hydrogen-bond acceptors (Lipinski definition) is 6. The molecule has 0 aromatic heterocycles. The highest BCUT2D eigenvalue weighted by molar-refractivity contribution is 7.92. The molecule has 1 aromatic rings. The number of nitrogens with zero attached hydrogens (tertiary/aromatic N) is 1. The molecule has 2 aliphatic heterocycles. The average Bonchev–Trinajstić information content (AvgIpc) is 2.88. The van der Waals surface area contributed by atoms with Crippen LogP contribution in [-0.2, 0) is 24.3 Å². The summed E-state index contributed by atoms with van der Waals surface area (Å²) in [5, 5.41) is 17.0. The van der Waals surface area contributed by atoms with Crippen LogP contribution in [0.4, 0.5) is 5.69 Å². The number of rotatable bonds is 15. The van der Waals surface area contributed by atoms with Crippen LogP contribution >= 0.6 is 0 Å². The van der Waals surface area contributed by atoms with Crippen molar-refractivity contribution in [2.24, 2.45) is 5.41 Å². The zero-order valence-corrected chi connectivity index (χ0v) is 25.4. The topological polar surface area (TPSA) is 125 Å². The third-order valence-electron chi connectivity index (χ3n) is 8.35. The Balaban J connectivity index is 1.44. The van der Waals surface area contributed by atoms with Crippen molar-refractivity contribution in [2.75, 3.05) is 38.7 Å². The first kappa shape index (κ1) is 32.1. The van der Waals surface area contributed by atoms with Crippen molar-refractivity contribution in [1.82, 2.24) is 9.62 Å². The Morgan fingerprint density at radius 1 is 1.02 bits per heavy atom. The Bertz CT molecular complexity index is 1140. The molecule has 40 heavy (non-hydrogen) atoms. The molecule has 1 amide bonds. The highest BCUT2D eigenvalue weighted by atomic mass is 32.2. The van der Waals surface area contributed by atoms with Crippen LogP contribution in [0.15, 0.2) is 17.5 Å². The van der Waals surface area contributed by atoms with E-state index >= 15 is 0 Å². The fourth-order valence-electron chi connectivity index (χ4n) is 5.61. The Hall–Kier alpha value is -2.43. The summed E-state index contributed by atoms with van der Waals surface area (Å²) in [6.45, 7) is 7.93. The van der Waals surface area contributed by atoms with Gasteiger partial charge in [0, 0.05) is 43.1 Å². The lowest BCUT2D eigenvalue weighted by atomic mass is 9.83. The van der Waals surface area contributed by atoms with Gasteiger partial charge in [-0.05, 0) is 74.4 Å². The number of benzene rings is 1. The van der Waals surface area contributed by atoms with Crippen LogP contribution in [0, 0.1) is 19.3 Å². The van der Waals surface area contributed by atoms with Crippen LogP contribution in [0.1, 0.15) is 87.8 Å². The first-order chi connectivity index (χ1) is 18.9. The normalized spacial score (nSPS) is 18.8. The molecule has 0 aliphatic carbocycles. The summed E-state index contributed by atoms with van der Waals surface area (Å²) in [4.78, 5) is 24.8. The van der Waals surface area contributed by atoms with E-state index in [2.05, 4.69) is 17.6 Å². The maximum absolute atomic E-state index is 13.0. The van der Waals surface area contributed by atoms with E-state index in [1.54, 1.807) is 6.08 Å². The van der Waals surface area contributed by atoms with Crippen LogP contribution in [0.2, 0.25) is 0 Å². The molecular formula is C30H47N3O6S. The molecule has 2 heterocycles. The standard InChI is InChI=1S/C30H47N3O6S/c1-23-19-25(31-4)20-24(2)26(23)12-18-40(37,38)33-16-14-30(15-17-33,28(35)36)32-27(34)11-9-7-5-6-8-10-13-29(3)21-39-22-29/h12,18-20,31H,5-11,13-17,21-22H2,1-4H3,(H,32,34)(H,35,36)/b18-12+. The van der Waals surface area contributed by atoms with Crippen molar-refractivity contribution in [1.29, 1.82) is 0 Å². The summed E-state index contributed by atoms with van der Waals surface area (Å²) in [5.41, 5.74) is 2.63. The highest BCUT2D eigenvalue weighted by Gasteiger charge is 2.44. The van der Waals surface area contributed by atoms with E-state index in [1.807, 2.05) is 33.0 Å².